The number of allylic oxidation sites excluding steroid dienone is 4. The van der Waals surface area contributed by atoms with Gasteiger partial charge in [-0.15, -0.1) is 11.8 Å². The third-order valence-corrected chi connectivity index (χ3v) is 6.29. The number of amides is 1. The smallest absolute Gasteiger partial charge is 0.229 e. The van der Waals surface area contributed by atoms with Gasteiger partial charge in [0.25, 0.3) is 0 Å². The van der Waals surface area contributed by atoms with Gasteiger partial charge in [-0.3, -0.25) is 4.79 Å². The minimum atomic E-state index is 0.156. The highest BCUT2D eigenvalue weighted by atomic mass is 32.2. The Balaban J connectivity index is 1.72. The minimum Gasteiger partial charge on any atom is -0.300 e. The van der Waals surface area contributed by atoms with Crippen molar-refractivity contribution in [3.8, 4) is 11.8 Å². The summed E-state index contributed by atoms with van der Waals surface area (Å²) < 4.78 is 2.79. The molecular weight excluding hydrogens is 338 g/mol. The predicted molar refractivity (Wildman–Crippen MR) is 114 cm³/mol. The number of carbonyl (C=O) groups is 1. The second kappa shape index (κ2) is 11.5. The van der Waals surface area contributed by atoms with E-state index >= 15 is 0 Å². The molecule has 0 aromatic heterocycles. The minimum absolute atomic E-state index is 0.156. The molecule has 0 saturated heterocycles. The molecule has 2 nitrogen and oxygen atoms in total. The first-order valence-corrected chi connectivity index (χ1v) is 11.4. The Bertz CT molecular complexity index is 568. The predicted octanol–water partition coefficient (Wildman–Crippen LogP) is 5.91. The van der Waals surface area contributed by atoms with E-state index < -0.39 is 0 Å². The third-order valence-electron chi connectivity index (χ3n) is 5.85. The van der Waals surface area contributed by atoms with Crippen LogP contribution in [-0.2, 0) is 4.79 Å². The van der Waals surface area contributed by atoms with E-state index in [1.54, 1.807) is 5.57 Å². The molecule has 0 aliphatic heterocycles. The Morgan fingerprint density at radius 3 is 3.00 bits per heavy atom. The molecule has 26 heavy (non-hydrogen) atoms. The molecule has 2 rings (SSSR count). The molecule has 1 N–H and O–H groups in total. The summed E-state index contributed by atoms with van der Waals surface area (Å²) in [7, 11) is 0. The second-order valence-corrected chi connectivity index (χ2v) is 8.57. The van der Waals surface area contributed by atoms with E-state index in [-0.39, 0.29) is 5.91 Å². The van der Waals surface area contributed by atoms with Gasteiger partial charge in [-0.2, -0.15) is 0 Å². The van der Waals surface area contributed by atoms with Gasteiger partial charge in [0.15, 0.2) is 0 Å². The first-order chi connectivity index (χ1) is 12.6. The molecule has 3 heteroatoms. The van der Waals surface area contributed by atoms with Gasteiger partial charge in [-0.1, -0.05) is 42.7 Å². The van der Waals surface area contributed by atoms with Crippen LogP contribution in [0.5, 0.6) is 0 Å². The summed E-state index contributed by atoms with van der Waals surface area (Å²) >= 11 is 1.39. The molecule has 0 radical (unpaired) electrons. The van der Waals surface area contributed by atoms with E-state index in [0.717, 1.165) is 43.4 Å². The van der Waals surface area contributed by atoms with Crippen LogP contribution in [0.15, 0.2) is 23.8 Å². The van der Waals surface area contributed by atoms with E-state index in [1.165, 1.54) is 37.6 Å². The zero-order chi connectivity index (χ0) is 18.8. The first-order valence-electron chi connectivity index (χ1n) is 10.2. The molecule has 4 atom stereocenters. The fraction of sp³-hybridized carbons (Fsp3) is 0.696. The van der Waals surface area contributed by atoms with Crippen LogP contribution in [0.25, 0.3) is 0 Å². The van der Waals surface area contributed by atoms with Crippen molar-refractivity contribution in [1.29, 1.82) is 0 Å². The van der Waals surface area contributed by atoms with Gasteiger partial charge in [0.05, 0.1) is 0 Å². The lowest BCUT2D eigenvalue weighted by Gasteiger charge is -2.14. The average molecular weight is 374 g/mol. The topological polar surface area (TPSA) is 29.1 Å². The van der Waals surface area contributed by atoms with E-state index in [1.807, 2.05) is 13.2 Å². The number of carbonyl (C=O) groups excluding carboxylic acids is 1. The SMILES string of the molecule is CC#CCC(C)C/C=C/C1CCC2C/C(=C\CCCC(=O)NSC)CC12. The quantitative estimate of drug-likeness (QED) is 0.236. The molecule has 2 saturated carbocycles. The summed E-state index contributed by atoms with van der Waals surface area (Å²) in [4.78, 5) is 11.5. The van der Waals surface area contributed by atoms with Crippen LogP contribution in [0.4, 0.5) is 0 Å². The van der Waals surface area contributed by atoms with Crippen LogP contribution in [-0.4, -0.2) is 12.2 Å². The van der Waals surface area contributed by atoms with Crippen molar-refractivity contribution in [3.63, 3.8) is 0 Å². The lowest BCUT2D eigenvalue weighted by molar-refractivity contribution is -0.119. The molecular formula is C23H35NOS. The van der Waals surface area contributed by atoms with Crippen molar-refractivity contribution in [2.45, 2.75) is 71.6 Å². The second-order valence-electron chi connectivity index (χ2n) is 7.96. The van der Waals surface area contributed by atoms with Crippen LogP contribution in [0.1, 0.15) is 71.6 Å². The summed E-state index contributed by atoms with van der Waals surface area (Å²) in [5, 5.41) is 0. The molecule has 0 heterocycles. The Hall–Kier alpha value is -1.14. The largest absolute Gasteiger partial charge is 0.300 e. The average Bonchev–Trinajstić information content (AvgIpc) is 3.18. The van der Waals surface area contributed by atoms with Gasteiger partial charge in [-0.05, 0) is 75.5 Å². The van der Waals surface area contributed by atoms with Crippen LogP contribution in [0.3, 0.4) is 0 Å². The zero-order valence-corrected chi connectivity index (χ0v) is 17.5. The van der Waals surface area contributed by atoms with E-state index in [0.29, 0.717) is 12.3 Å². The third kappa shape index (κ3) is 6.88. The number of hydrogen-bond acceptors (Lipinski definition) is 2. The van der Waals surface area contributed by atoms with Crippen molar-refractivity contribution >= 4 is 17.9 Å². The Morgan fingerprint density at radius 1 is 1.38 bits per heavy atom. The molecule has 0 aromatic rings. The van der Waals surface area contributed by atoms with Gasteiger partial charge < -0.3 is 4.72 Å². The number of nitrogens with one attached hydrogen (secondary N) is 1. The van der Waals surface area contributed by atoms with Gasteiger partial charge in [0, 0.05) is 19.1 Å². The van der Waals surface area contributed by atoms with Gasteiger partial charge in [0.2, 0.25) is 5.91 Å². The molecule has 144 valence electrons. The number of fused-ring (bicyclic) bond motifs is 1. The highest BCUT2D eigenvalue weighted by Gasteiger charge is 2.39. The van der Waals surface area contributed by atoms with Gasteiger partial charge >= 0.3 is 0 Å². The Labute approximate surface area is 164 Å². The molecule has 4 unspecified atom stereocenters. The van der Waals surface area contributed by atoms with Crippen molar-refractivity contribution in [2.75, 3.05) is 6.26 Å². The van der Waals surface area contributed by atoms with Crippen LogP contribution >= 0.6 is 11.9 Å². The molecule has 0 aromatic carbocycles. The maximum atomic E-state index is 11.5. The molecule has 2 aliphatic carbocycles. The summed E-state index contributed by atoms with van der Waals surface area (Å²) in [5.41, 5.74) is 1.65. The summed E-state index contributed by atoms with van der Waals surface area (Å²) in [6, 6.07) is 0. The highest BCUT2D eigenvalue weighted by Crippen LogP contribution is 2.50. The van der Waals surface area contributed by atoms with Crippen molar-refractivity contribution in [1.82, 2.24) is 4.72 Å². The van der Waals surface area contributed by atoms with E-state index in [2.05, 4.69) is 41.7 Å². The molecule has 2 fully saturated rings. The van der Waals surface area contributed by atoms with E-state index in [9.17, 15) is 4.79 Å². The monoisotopic (exact) mass is 373 g/mol. The summed E-state index contributed by atoms with van der Waals surface area (Å²) in [6.07, 6.45) is 19.4. The van der Waals surface area contributed by atoms with Crippen molar-refractivity contribution in [3.05, 3.63) is 23.8 Å². The van der Waals surface area contributed by atoms with Crippen LogP contribution < -0.4 is 4.72 Å². The first kappa shape index (κ1) is 21.2. The Kier molecular flexibility index (Phi) is 9.40. The van der Waals surface area contributed by atoms with Crippen LogP contribution in [0, 0.1) is 35.5 Å². The highest BCUT2D eigenvalue weighted by molar-refractivity contribution is 7.97. The fourth-order valence-corrected chi connectivity index (χ4v) is 4.79. The lowest BCUT2D eigenvalue weighted by atomic mass is 9.91. The van der Waals surface area contributed by atoms with E-state index in [4.69, 9.17) is 0 Å². The normalized spacial score (nSPS) is 27.3. The number of unbranched alkanes of at least 4 members (excludes halogenated alkanes) is 1. The van der Waals surface area contributed by atoms with Gasteiger partial charge in [0.1, 0.15) is 0 Å². The molecule has 0 spiro atoms. The fourth-order valence-electron chi connectivity index (χ4n) is 4.46. The van der Waals surface area contributed by atoms with Crippen molar-refractivity contribution < 1.29 is 4.79 Å². The summed E-state index contributed by atoms with van der Waals surface area (Å²) in [6.45, 7) is 4.22. The zero-order valence-electron chi connectivity index (χ0n) is 16.7. The lowest BCUT2D eigenvalue weighted by Crippen LogP contribution is -2.13. The maximum absolute atomic E-state index is 11.5. The van der Waals surface area contributed by atoms with Gasteiger partial charge in [-0.25, -0.2) is 0 Å². The van der Waals surface area contributed by atoms with Crippen molar-refractivity contribution in [2.24, 2.45) is 23.7 Å². The molecule has 0 bridgehead atoms. The number of hydrogen-bond donors (Lipinski definition) is 1. The maximum Gasteiger partial charge on any atom is 0.229 e. The standard InChI is InChI=1S/C23H35NOS/c1-4-5-9-18(2)10-8-12-20-14-15-21-16-19(17-22(20)21)11-6-7-13-23(25)24-26-3/h8,11-12,18,20-22H,6-7,9-10,13-17H2,1-3H3,(H,24,25)/b12-8+,19-11+. The molecule has 2 aliphatic rings. The molecule has 1 amide bonds. The van der Waals surface area contributed by atoms with Crippen LogP contribution in [0.2, 0.25) is 0 Å². The Morgan fingerprint density at radius 2 is 2.23 bits per heavy atom. The summed E-state index contributed by atoms with van der Waals surface area (Å²) in [5.74, 6) is 9.55. The number of rotatable bonds is 9.